The first-order chi connectivity index (χ1) is 17.7. The second-order valence-corrected chi connectivity index (χ2v) is 10.6. The summed E-state index contributed by atoms with van der Waals surface area (Å²) in [5, 5.41) is 3.35. The molecule has 0 atom stereocenters. The van der Waals surface area contributed by atoms with E-state index in [0.717, 1.165) is 12.8 Å². The van der Waals surface area contributed by atoms with Crippen molar-refractivity contribution in [3.05, 3.63) is 36.2 Å². The molecule has 1 aromatic carbocycles. The molecule has 2 fully saturated rings. The smallest absolute Gasteiger partial charge is 0.306 e. The molecule has 0 unspecified atom stereocenters. The number of hydrogen-bond acceptors (Lipinski definition) is 8. The summed E-state index contributed by atoms with van der Waals surface area (Å²) in [5.41, 5.74) is 0.524. The summed E-state index contributed by atoms with van der Waals surface area (Å²) in [7, 11) is 0. The maximum atomic E-state index is 14.0. The number of alkyl halides is 2. The lowest BCUT2D eigenvalue weighted by Gasteiger charge is -2.36. The highest BCUT2D eigenvalue weighted by molar-refractivity contribution is 5.78. The number of fused-ring (bicyclic) bond motifs is 1. The molecule has 9 nitrogen and oxygen atoms in total. The van der Waals surface area contributed by atoms with Crippen LogP contribution in [0.5, 0.6) is 0 Å². The van der Waals surface area contributed by atoms with Crippen molar-refractivity contribution in [1.29, 1.82) is 0 Å². The van der Waals surface area contributed by atoms with Crippen LogP contribution in [0.2, 0.25) is 0 Å². The van der Waals surface area contributed by atoms with Gasteiger partial charge in [-0.1, -0.05) is 12.1 Å². The summed E-state index contributed by atoms with van der Waals surface area (Å²) in [6.45, 7) is 7.98. The number of rotatable bonds is 7. The Bertz CT molecular complexity index is 1260. The van der Waals surface area contributed by atoms with Crippen LogP contribution in [0, 0.1) is 5.92 Å². The van der Waals surface area contributed by atoms with Crippen LogP contribution in [0.15, 0.2) is 30.3 Å². The summed E-state index contributed by atoms with van der Waals surface area (Å²) >= 11 is 0. The second-order valence-electron chi connectivity index (χ2n) is 10.6. The Morgan fingerprint density at radius 1 is 1.14 bits per heavy atom. The lowest BCUT2D eigenvalue weighted by molar-refractivity contribution is -0.156. The van der Waals surface area contributed by atoms with Crippen LogP contribution < -0.4 is 10.2 Å². The normalized spacial score (nSPS) is 20.2. The quantitative estimate of drug-likeness (QED) is 0.460. The van der Waals surface area contributed by atoms with Crippen molar-refractivity contribution < 1.29 is 23.0 Å². The Morgan fingerprint density at radius 2 is 1.84 bits per heavy atom. The number of hydrogen-bond donors (Lipinski definition) is 1. The summed E-state index contributed by atoms with van der Waals surface area (Å²) in [6.07, 6.45) is -0.856. The Morgan fingerprint density at radius 3 is 2.54 bits per heavy atom. The molecule has 11 heteroatoms. The fraction of sp³-hybridized carbons (Fsp3) is 0.538. The van der Waals surface area contributed by atoms with Crippen molar-refractivity contribution in [3.63, 3.8) is 0 Å². The molecule has 1 N–H and O–H groups in total. The van der Waals surface area contributed by atoms with E-state index in [-0.39, 0.29) is 23.8 Å². The predicted octanol–water partition coefficient (Wildman–Crippen LogP) is 4.51. The monoisotopic (exact) mass is 514 g/mol. The first-order valence-electron chi connectivity index (χ1n) is 12.6. The fourth-order valence-electron chi connectivity index (χ4n) is 4.81. The minimum absolute atomic E-state index is 0.0781. The minimum atomic E-state index is -2.77. The van der Waals surface area contributed by atoms with Crippen LogP contribution in [0.4, 0.5) is 20.5 Å². The van der Waals surface area contributed by atoms with E-state index in [1.54, 1.807) is 30.3 Å². The maximum absolute atomic E-state index is 14.0. The van der Waals surface area contributed by atoms with Crippen LogP contribution in [-0.4, -0.2) is 63.4 Å². The summed E-state index contributed by atoms with van der Waals surface area (Å²) < 4.78 is 40.4. The Hall–Kier alpha value is -3.34. The zero-order valence-electron chi connectivity index (χ0n) is 21.3. The Balaban J connectivity index is 1.40. The SMILES string of the molecule is CC(C)(C)OC(=O)CC1CC(Nc2nc(N3CCOCC3)cc(-n3c(C(F)F)nc4ccccc43)n2)C1. The molecule has 198 valence electrons. The Labute approximate surface area is 214 Å². The summed E-state index contributed by atoms with van der Waals surface area (Å²) in [5.74, 6) is 0.983. The van der Waals surface area contributed by atoms with Gasteiger partial charge in [-0.25, -0.2) is 13.8 Å². The predicted molar refractivity (Wildman–Crippen MR) is 135 cm³/mol. The van der Waals surface area contributed by atoms with Crippen LogP contribution in [-0.2, 0) is 14.3 Å². The van der Waals surface area contributed by atoms with Gasteiger partial charge >= 0.3 is 5.97 Å². The molecule has 3 heterocycles. The van der Waals surface area contributed by atoms with E-state index < -0.39 is 12.0 Å². The second kappa shape index (κ2) is 10.2. The number of aromatic nitrogens is 4. The third-order valence-corrected chi connectivity index (χ3v) is 6.49. The number of carbonyl (C=O) groups excluding carboxylic acids is 1. The molecule has 1 saturated heterocycles. The van der Waals surface area contributed by atoms with Gasteiger partial charge in [-0.2, -0.15) is 9.97 Å². The molecule has 2 aromatic heterocycles. The number of esters is 1. The molecule has 0 bridgehead atoms. The average Bonchev–Trinajstić information content (AvgIpc) is 3.22. The van der Waals surface area contributed by atoms with Crippen molar-refractivity contribution in [2.45, 2.75) is 58.1 Å². The number of ether oxygens (including phenoxy) is 2. The maximum Gasteiger partial charge on any atom is 0.306 e. The van der Waals surface area contributed by atoms with E-state index in [4.69, 9.17) is 14.5 Å². The molecule has 0 radical (unpaired) electrons. The van der Waals surface area contributed by atoms with Crippen molar-refractivity contribution in [2.75, 3.05) is 36.5 Å². The van der Waals surface area contributed by atoms with Gasteiger partial charge in [0.1, 0.15) is 17.2 Å². The molecule has 1 aliphatic carbocycles. The highest BCUT2D eigenvalue weighted by Crippen LogP contribution is 2.34. The van der Waals surface area contributed by atoms with Crippen LogP contribution in [0.3, 0.4) is 0 Å². The van der Waals surface area contributed by atoms with Crippen molar-refractivity contribution in [2.24, 2.45) is 5.92 Å². The molecule has 37 heavy (non-hydrogen) atoms. The number of para-hydroxylation sites is 2. The van der Waals surface area contributed by atoms with E-state index in [0.29, 0.717) is 61.3 Å². The van der Waals surface area contributed by atoms with Gasteiger partial charge in [-0.05, 0) is 51.7 Å². The number of halogens is 2. The van der Waals surface area contributed by atoms with Gasteiger partial charge in [0, 0.05) is 31.6 Å². The van der Waals surface area contributed by atoms with Gasteiger partial charge in [0.25, 0.3) is 6.43 Å². The molecule has 1 saturated carbocycles. The number of morpholine rings is 1. The number of benzene rings is 1. The fourth-order valence-corrected chi connectivity index (χ4v) is 4.81. The van der Waals surface area contributed by atoms with Crippen molar-refractivity contribution in [1.82, 2.24) is 19.5 Å². The molecule has 2 aliphatic rings. The first-order valence-corrected chi connectivity index (χ1v) is 12.6. The topological polar surface area (TPSA) is 94.4 Å². The van der Waals surface area contributed by atoms with Crippen molar-refractivity contribution in [3.8, 4) is 5.82 Å². The number of nitrogens with zero attached hydrogens (tertiary/aromatic N) is 5. The van der Waals surface area contributed by atoms with E-state index in [1.165, 1.54) is 4.57 Å². The van der Waals surface area contributed by atoms with Crippen LogP contribution in [0.1, 0.15) is 52.3 Å². The average molecular weight is 515 g/mol. The van der Waals surface area contributed by atoms with E-state index >= 15 is 0 Å². The summed E-state index contributed by atoms with van der Waals surface area (Å²) in [6, 6.07) is 8.83. The van der Waals surface area contributed by atoms with Gasteiger partial charge < -0.3 is 19.7 Å². The molecule has 5 rings (SSSR count). The zero-order valence-corrected chi connectivity index (χ0v) is 21.3. The Kier molecular flexibility index (Phi) is 6.98. The van der Waals surface area contributed by atoms with Gasteiger partial charge in [0.15, 0.2) is 5.82 Å². The minimum Gasteiger partial charge on any atom is -0.460 e. The third-order valence-electron chi connectivity index (χ3n) is 6.49. The number of carbonyl (C=O) groups is 1. The molecule has 3 aromatic rings. The number of nitrogens with one attached hydrogen (secondary N) is 1. The number of anilines is 2. The molecule has 0 amide bonds. The van der Waals surface area contributed by atoms with Crippen LogP contribution in [0.25, 0.3) is 16.9 Å². The van der Waals surface area contributed by atoms with Gasteiger partial charge in [0.05, 0.1) is 24.2 Å². The molecule has 1 aliphatic heterocycles. The molecule has 0 spiro atoms. The highest BCUT2D eigenvalue weighted by Gasteiger charge is 2.33. The lowest BCUT2D eigenvalue weighted by Crippen LogP contribution is -2.39. The van der Waals surface area contributed by atoms with E-state index in [2.05, 4.69) is 20.2 Å². The zero-order chi connectivity index (χ0) is 26.2. The van der Waals surface area contributed by atoms with Gasteiger partial charge in [-0.15, -0.1) is 0 Å². The third kappa shape index (κ3) is 5.82. The molecular formula is C26H32F2N6O3. The van der Waals surface area contributed by atoms with E-state index in [1.807, 2.05) is 20.8 Å². The van der Waals surface area contributed by atoms with E-state index in [9.17, 15) is 13.6 Å². The van der Waals surface area contributed by atoms with Crippen molar-refractivity contribution >= 4 is 28.8 Å². The number of imidazole rings is 1. The van der Waals surface area contributed by atoms with Crippen LogP contribution >= 0.6 is 0 Å². The van der Waals surface area contributed by atoms with Gasteiger partial charge in [0.2, 0.25) is 5.95 Å². The first kappa shape index (κ1) is 25.3. The largest absolute Gasteiger partial charge is 0.460 e. The highest BCUT2D eigenvalue weighted by atomic mass is 19.3. The van der Waals surface area contributed by atoms with Gasteiger partial charge in [-0.3, -0.25) is 9.36 Å². The standard InChI is InChI=1S/C26H32F2N6O3/c1-26(2,3)37-22(35)14-16-12-17(13-16)29-25-31-20(33-8-10-36-11-9-33)15-21(32-25)34-19-7-5-4-6-18(19)30-24(34)23(27)28/h4-7,15-17,23H,8-14H2,1-3H3,(H,29,31,32). The summed E-state index contributed by atoms with van der Waals surface area (Å²) in [4.78, 5) is 27.7. The lowest BCUT2D eigenvalue weighted by atomic mass is 9.78. The molecular weight excluding hydrogens is 482 g/mol.